The first-order chi connectivity index (χ1) is 9.52. The number of hydrogen-bond donors (Lipinski definition) is 1. The van der Waals surface area contributed by atoms with E-state index in [1.54, 1.807) is 6.07 Å². The van der Waals surface area contributed by atoms with E-state index >= 15 is 0 Å². The summed E-state index contributed by atoms with van der Waals surface area (Å²) >= 11 is 3.35. The predicted octanol–water partition coefficient (Wildman–Crippen LogP) is 2.21. The van der Waals surface area contributed by atoms with Crippen molar-refractivity contribution in [3.63, 3.8) is 0 Å². The van der Waals surface area contributed by atoms with Crippen LogP contribution in [-0.4, -0.2) is 31.6 Å². The molecular weight excluding hydrogens is 326 g/mol. The number of carbonyl (C=O) groups is 2. The highest BCUT2D eigenvalue weighted by atomic mass is 79.9. The molecule has 110 valence electrons. The second kappa shape index (κ2) is 8.58. The van der Waals surface area contributed by atoms with Crippen molar-refractivity contribution in [1.82, 2.24) is 5.32 Å². The maximum Gasteiger partial charge on any atom is 0.344 e. The third-order valence-electron chi connectivity index (χ3n) is 2.37. The maximum absolute atomic E-state index is 11.4. The standard InChI is InChI=1S/C14H18BrNO4/c1-3-6-16-13(17)8-20-14(18)9-19-12-5-4-10(2)7-11(12)15/h4-5,7H,3,6,8-9H2,1-2H3,(H,16,17). The number of benzene rings is 1. The van der Waals surface area contributed by atoms with Gasteiger partial charge in [-0.05, 0) is 47.0 Å². The molecule has 1 aromatic carbocycles. The van der Waals surface area contributed by atoms with Crippen molar-refractivity contribution in [3.8, 4) is 5.75 Å². The van der Waals surface area contributed by atoms with Crippen molar-refractivity contribution in [3.05, 3.63) is 28.2 Å². The summed E-state index contributed by atoms with van der Waals surface area (Å²) in [5, 5.41) is 2.61. The van der Waals surface area contributed by atoms with Gasteiger partial charge >= 0.3 is 5.97 Å². The van der Waals surface area contributed by atoms with Crippen LogP contribution in [0.3, 0.4) is 0 Å². The molecule has 0 unspecified atom stereocenters. The number of rotatable bonds is 7. The monoisotopic (exact) mass is 343 g/mol. The Balaban J connectivity index is 2.31. The van der Waals surface area contributed by atoms with Crippen LogP contribution in [0.1, 0.15) is 18.9 Å². The number of esters is 1. The zero-order valence-electron chi connectivity index (χ0n) is 11.6. The third-order valence-corrected chi connectivity index (χ3v) is 2.99. The Morgan fingerprint density at radius 1 is 1.30 bits per heavy atom. The molecule has 6 heteroatoms. The van der Waals surface area contributed by atoms with Gasteiger partial charge in [-0.15, -0.1) is 0 Å². The number of aryl methyl sites for hydroxylation is 1. The summed E-state index contributed by atoms with van der Waals surface area (Å²) in [5.41, 5.74) is 1.08. The van der Waals surface area contributed by atoms with Crippen molar-refractivity contribution in [1.29, 1.82) is 0 Å². The molecule has 0 atom stereocenters. The van der Waals surface area contributed by atoms with Crippen molar-refractivity contribution < 1.29 is 19.1 Å². The third kappa shape index (κ3) is 6.06. The van der Waals surface area contributed by atoms with Crippen molar-refractivity contribution in [2.24, 2.45) is 0 Å². The average molecular weight is 344 g/mol. The molecule has 20 heavy (non-hydrogen) atoms. The molecule has 0 spiro atoms. The van der Waals surface area contributed by atoms with Crippen LogP contribution in [0.4, 0.5) is 0 Å². The van der Waals surface area contributed by atoms with E-state index < -0.39 is 5.97 Å². The quantitative estimate of drug-likeness (QED) is 0.771. The van der Waals surface area contributed by atoms with E-state index in [-0.39, 0.29) is 19.1 Å². The first-order valence-electron chi connectivity index (χ1n) is 6.34. The summed E-state index contributed by atoms with van der Waals surface area (Å²) in [4.78, 5) is 22.7. The van der Waals surface area contributed by atoms with Crippen LogP contribution in [-0.2, 0) is 14.3 Å². The molecule has 0 fully saturated rings. The Hall–Kier alpha value is -1.56. The number of nitrogens with one attached hydrogen (secondary N) is 1. The fourth-order valence-corrected chi connectivity index (χ4v) is 1.97. The van der Waals surface area contributed by atoms with Gasteiger partial charge in [-0.3, -0.25) is 4.79 Å². The topological polar surface area (TPSA) is 64.6 Å². The van der Waals surface area contributed by atoms with E-state index in [2.05, 4.69) is 21.2 Å². The molecule has 0 aliphatic heterocycles. The summed E-state index contributed by atoms with van der Waals surface area (Å²) in [5.74, 6) is -0.330. The van der Waals surface area contributed by atoms with Gasteiger partial charge in [0.25, 0.3) is 5.91 Å². The van der Waals surface area contributed by atoms with Gasteiger partial charge in [0.1, 0.15) is 5.75 Å². The molecule has 0 aromatic heterocycles. The Bertz CT molecular complexity index is 476. The van der Waals surface area contributed by atoms with E-state index in [1.165, 1.54) is 0 Å². The Labute approximate surface area is 126 Å². The molecule has 1 rings (SSSR count). The fraction of sp³-hybridized carbons (Fsp3) is 0.429. The van der Waals surface area contributed by atoms with E-state index in [0.717, 1.165) is 16.5 Å². The van der Waals surface area contributed by atoms with Gasteiger partial charge in [0.05, 0.1) is 4.47 Å². The molecule has 5 nitrogen and oxygen atoms in total. The maximum atomic E-state index is 11.4. The number of halogens is 1. The van der Waals surface area contributed by atoms with E-state index in [9.17, 15) is 9.59 Å². The highest BCUT2D eigenvalue weighted by Crippen LogP contribution is 2.25. The first-order valence-corrected chi connectivity index (χ1v) is 7.13. The number of hydrogen-bond acceptors (Lipinski definition) is 4. The second-order valence-electron chi connectivity index (χ2n) is 4.23. The zero-order chi connectivity index (χ0) is 15.0. The minimum Gasteiger partial charge on any atom is -0.481 e. The van der Waals surface area contributed by atoms with Gasteiger partial charge in [0.2, 0.25) is 0 Å². The van der Waals surface area contributed by atoms with Crippen LogP contribution in [0.15, 0.2) is 22.7 Å². The summed E-state index contributed by atoms with van der Waals surface area (Å²) in [6, 6.07) is 5.53. The summed E-state index contributed by atoms with van der Waals surface area (Å²) in [6.45, 7) is 3.96. The number of amides is 1. The smallest absolute Gasteiger partial charge is 0.344 e. The molecule has 0 bridgehead atoms. The molecule has 0 saturated heterocycles. The van der Waals surface area contributed by atoms with Crippen LogP contribution >= 0.6 is 15.9 Å². The van der Waals surface area contributed by atoms with Gasteiger partial charge in [-0.25, -0.2) is 4.79 Å². The van der Waals surface area contributed by atoms with Gasteiger partial charge in [0.15, 0.2) is 13.2 Å². The van der Waals surface area contributed by atoms with Crippen LogP contribution in [0, 0.1) is 6.92 Å². The summed E-state index contributed by atoms with van der Waals surface area (Å²) in [6.07, 6.45) is 0.838. The Morgan fingerprint density at radius 2 is 2.05 bits per heavy atom. The summed E-state index contributed by atoms with van der Waals surface area (Å²) in [7, 11) is 0. The lowest BCUT2D eigenvalue weighted by Crippen LogP contribution is -2.30. The van der Waals surface area contributed by atoms with Crippen LogP contribution in [0.5, 0.6) is 5.75 Å². The molecule has 0 aliphatic carbocycles. The number of ether oxygens (including phenoxy) is 2. The van der Waals surface area contributed by atoms with Gasteiger partial charge in [0, 0.05) is 6.54 Å². The minimum absolute atomic E-state index is 0.233. The van der Waals surface area contributed by atoms with Crippen LogP contribution in [0.25, 0.3) is 0 Å². The lowest BCUT2D eigenvalue weighted by molar-refractivity contribution is -0.150. The molecule has 1 N–H and O–H groups in total. The lowest BCUT2D eigenvalue weighted by Gasteiger charge is -2.09. The predicted molar refractivity (Wildman–Crippen MR) is 78.6 cm³/mol. The minimum atomic E-state index is -0.580. The average Bonchev–Trinajstić information content (AvgIpc) is 2.41. The van der Waals surface area contributed by atoms with Crippen molar-refractivity contribution >= 4 is 27.8 Å². The molecule has 1 aromatic rings. The van der Waals surface area contributed by atoms with Gasteiger partial charge in [-0.1, -0.05) is 13.0 Å². The molecular formula is C14H18BrNO4. The normalized spacial score (nSPS) is 9.95. The molecule has 1 amide bonds. The second-order valence-corrected chi connectivity index (χ2v) is 5.09. The molecule has 0 radical (unpaired) electrons. The van der Waals surface area contributed by atoms with Crippen LogP contribution < -0.4 is 10.1 Å². The van der Waals surface area contributed by atoms with Crippen LogP contribution in [0.2, 0.25) is 0 Å². The largest absolute Gasteiger partial charge is 0.481 e. The van der Waals surface area contributed by atoms with E-state index in [1.807, 2.05) is 26.0 Å². The van der Waals surface area contributed by atoms with Gasteiger partial charge in [-0.2, -0.15) is 0 Å². The highest BCUT2D eigenvalue weighted by molar-refractivity contribution is 9.10. The molecule has 0 heterocycles. The lowest BCUT2D eigenvalue weighted by atomic mass is 10.2. The Morgan fingerprint density at radius 3 is 2.70 bits per heavy atom. The molecule has 0 saturated carbocycles. The summed E-state index contributed by atoms with van der Waals surface area (Å²) < 4.78 is 10.9. The van der Waals surface area contributed by atoms with Crippen molar-refractivity contribution in [2.45, 2.75) is 20.3 Å². The van der Waals surface area contributed by atoms with E-state index in [4.69, 9.17) is 9.47 Å². The highest BCUT2D eigenvalue weighted by Gasteiger charge is 2.09. The zero-order valence-corrected chi connectivity index (χ0v) is 13.2. The SMILES string of the molecule is CCCNC(=O)COC(=O)COc1ccc(C)cc1Br. The molecule has 0 aliphatic rings. The van der Waals surface area contributed by atoms with Crippen molar-refractivity contribution in [2.75, 3.05) is 19.8 Å². The van der Waals surface area contributed by atoms with E-state index in [0.29, 0.717) is 12.3 Å². The Kier molecular flexibility index (Phi) is 7.08. The van der Waals surface area contributed by atoms with Gasteiger partial charge < -0.3 is 14.8 Å². The first kappa shape index (κ1) is 16.5. The number of carbonyl (C=O) groups excluding carboxylic acids is 2. The fourth-order valence-electron chi connectivity index (χ4n) is 1.36.